The lowest BCUT2D eigenvalue weighted by molar-refractivity contribution is 0.0491. The number of ether oxygens (including phenoxy) is 1. The maximum absolute atomic E-state index is 12.2. The standard InChI is InChI=1S/C26H31N5O4S/c1-26(2,3)35-25(32)29-18-9-5-17(6-10-18)24-30-22(16-7-11-19(12-8-16)36(4,33)34)21-15-28-23-20(31(21)24)13-14-27-23/h7-8,11-15,17-18,27H,5-6,9-10H2,1-4H3,(H,29,32). The Balaban J connectivity index is 1.46. The predicted molar refractivity (Wildman–Crippen MR) is 138 cm³/mol. The number of sulfone groups is 1. The van der Waals surface area contributed by atoms with Gasteiger partial charge in [0.15, 0.2) is 15.5 Å². The third-order valence-electron chi connectivity index (χ3n) is 6.57. The average molecular weight is 510 g/mol. The Labute approximate surface area is 210 Å². The molecule has 0 bridgehead atoms. The quantitative estimate of drug-likeness (QED) is 0.407. The third kappa shape index (κ3) is 4.82. The van der Waals surface area contributed by atoms with Crippen molar-refractivity contribution in [2.24, 2.45) is 0 Å². The van der Waals surface area contributed by atoms with Gasteiger partial charge in [-0.25, -0.2) is 23.2 Å². The zero-order valence-corrected chi connectivity index (χ0v) is 21.7. The summed E-state index contributed by atoms with van der Waals surface area (Å²) in [4.78, 5) is 25.3. The average Bonchev–Trinajstić information content (AvgIpc) is 3.42. The van der Waals surface area contributed by atoms with Gasteiger partial charge >= 0.3 is 6.09 Å². The van der Waals surface area contributed by atoms with Crippen LogP contribution in [0, 0.1) is 0 Å². The summed E-state index contributed by atoms with van der Waals surface area (Å²) in [6, 6.07) is 8.89. The summed E-state index contributed by atoms with van der Waals surface area (Å²) in [5.74, 6) is 1.16. The fourth-order valence-corrected chi connectivity index (χ4v) is 5.53. The summed E-state index contributed by atoms with van der Waals surface area (Å²) in [6.45, 7) is 5.57. The van der Waals surface area contributed by atoms with Crippen molar-refractivity contribution < 1.29 is 17.9 Å². The number of hydrogen-bond acceptors (Lipinski definition) is 6. The number of benzene rings is 1. The highest BCUT2D eigenvalue weighted by atomic mass is 32.2. The Morgan fingerprint density at radius 1 is 1.08 bits per heavy atom. The molecule has 0 saturated heterocycles. The molecule has 9 nitrogen and oxygen atoms in total. The van der Waals surface area contributed by atoms with E-state index in [0.717, 1.165) is 59.4 Å². The van der Waals surface area contributed by atoms with Gasteiger partial charge in [-0.1, -0.05) is 12.1 Å². The molecule has 0 atom stereocenters. The molecule has 0 aliphatic heterocycles. The maximum atomic E-state index is 12.2. The highest BCUT2D eigenvalue weighted by Crippen LogP contribution is 2.37. The molecule has 0 spiro atoms. The molecule has 36 heavy (non-hydrogen) atoms. The second-order valence-electron chi connectivity index (χ2n) is 10.5. The lowest BCUT2D eigenvalue weighted by atomic mass is 9.85. The number of carbonyl (C=O) groups excluding carboxylic acids is 1. The topological polar surface area (TPSA) is 118 Å². The Bertz CT molecular complexity index is 1520. The Kier molecular flexibility index (Phi) is 6.02. The van der Waals surface area contributed by atoms with Crippen LogP contribution in [0.3, 0.4) is 0 Å². The van der Waals surface area contributed by atoms with Gasteiger partial charge in [-0.3, -0.25) is 4.40 Å². The van der Waals surface area contributed by atoms with Crippen molar-refractivity contribution in [2.75, 3.05) is 6.26 Å². The molecule has 3 aromatic heterocycles. The van der Waals surface area contributed by atoms with Gasteiger partial charge in [-0.15, -0.1) is 0 Å². The minimum Gasteiger partial charge on any atom is -0.444 e. The number of amides is 1. The first kappa shape index (κ1) is 24.3. The monoisotopic (exact) mass is 509 g/mol. The number of aromatic amines is 1. The van der Waals surface area contributed by atoms with Crippen molar-refractivity contribution in [2.45, 2.75) is 68.9 Å². The Morgan fingerprint density at radius 3 is 2.42 bits per heavy atom. The Morgan fingerprint density at radius 2 is 1.78 bits per heavy atom. The molecule has 2 N–H and O–H groups in total. The largest absolute Gasteiger partial charge is 0.444 e. The molecule has 1 fully saturated rings. The lowest BCUT2D eigenvalue weighted by Crippen LogP contribution is -2.40. The van der Waals surface area contributed by atoms with Crippen LogP contribution in [-0.4, -0.2) is 51.8 Å². The number of alkyl carbamates (subject to hydrolysis) is 1. The van der Waals surface area contributed by atoms with Crippen LogP contribution in [0.5, 0.6) is 0 Å². The molecule has 1 aliphatic rings. The van der Waals surface area contributed by atoms with E-state index < -0.39 is 15.4 Å². The molecular formula is C26H31N5O4S. The summed E-state index contributed by atoms with van der Waals surface area (Å²) < 4.78 is 31.4. The van der Waals surface area contributed by atoms with E-state index in [1.165, 1.54) is 6.26 Å². The second kappa shape index (κ2) is 8.92. The summed E-state index contributed by atoms with van der Waals surface area (Å²) in [7, 11) is -3.28. The van der Waals surface area contributed by atoms with Crippen LogP contribution in [0.2, 0.25) is 0 Å². The normalized spacial score (nSPS) is 19.0. The Hall–Kier alpha value is -3.40. The van der Waals surface area contributed by atoms with Crippen molar-refractivity contribution in [3.05, 3.63) is 48.5 Å². The number of H-pyrrole nitrogens is 1. The minimum atomic E-state index is -3.28. The molecule has 1 saturated carbocycles. The van der Waals surface area contributed by atoms with E-state index in [-0.39, 0.29) is 22.9 Å². The van der Waals surface area contributed by atoms with E-state index in [1.807, 2.05) is 39.2 Å². The highest BCUT2D eigenvalue weighted by molar-refractivity contribution is 7.90. The van der Waals surface area contributed by atoms with Crippen LogP contribution in [0.25, 0.3) is 27.9 Å². The van der Waals surface area contributed by atoms with Gasteiger partial charge in [-0.05, 0) is 64.7 Å². The van der Waals surface area contributed by atoms with Gasteiger partial charge in [0.25, 0.3) is 0 Å². The SMILES string of the molecule is CC(C)(C)OC(=O)NC1CCC(c2nc(-c3ccc(S(C)(=O)=O)cc3)c3cnc4[nH]ccc4n23)CC1. The van der Waals surface area contributed by atoms with Crippen LogP contribution in [0.1, 0.15) is 58.2 Å². The van der Waals surface area contributed by atoms with E-state index in [4.69, 9.17) is 9.72 Å². The molecule has 3 heterocycles. The number of hydrogen-bond donors (Lipinski definition) is 2. The molecule has 0 radical (unpaired) electrons. The molecule has 5 rings (SSSR count). The zero-order valence-electron chi connectivity index (χ0n) is 20.9. The fraction of sp³-hybridized carbons (Fsp3) is 0.423. The number of fused-ring (bicyclic) bond motifs is 3. The van der Waals surface area contributed by atoms with Gasteiger partial charge in [0, 0.05) is 30.0 Å². The smallest absolute Gasteiger partial charge is 0.407 e. The van der Waals surface area contributed by atoms with E-state index >= 15 is 0 Å². The number of carbonyl (C=O) groups is 1. The first-order valence-electron chi connectivity index (χ1n) is 12.1. The van der Waals surface area contributed by atoms with Crippen molar-refractivity contribution in [3.63, 3.8) is 0 Å². The fourth-order valence-electron chi connectivity index (χ4n) is 4.90. The molecule has 4 aromatic rings. The van der Waals surface area contributed by atoms with Crippen molar-refractivity contribution >= 4 is 32.6 Å². The summed E-state index contributed by atoms with van der Waals surface area (Å²) in [6.07, 6.45) is 7.91. The van der Waals surface area contributed by atoms with Crippen molar-refractivity contribution in [3.8, 4) is 11.3 Å². The van der Waals surface area contributed by atoms with E-state index in [2.05, 4.69) is 19.7 Å². The predicted octanol–water partition coefficient (Wildman–Crippen LogP) is 4.83. The van der Waals surface area contributed by atoms with E-state index in [0.29, 0.717) is 0 Å². The van der Waals surface area contributed by atoms with Crippen LogP contribution >= 0.6 is 0 Å². The summed E-state index contributed by atoms with van der Waals surface area (Å²) in [5, 5.41) is 3.01. The highest BCUT2D eigenvalue weighted by Gasteiger charge is 2.29. The summed E-state index contributed by atoms with van der Waals surface area (Å²) >= 11 is 0. The lowest BCUT2D eigenvalue weighted by Gasteiger charge is -2.29. The van der Waals surface area contributed by atoms with Gasteiger partial charge in [0.05, 0.1) is 27.8 Å². The molecule has 0 unspecified atom stereocenters. The second-order valence-corrected chi connectivity index (χ2v) is 12.5. The van der Waals surface area contributed by atoms with E-state index in [1.54, 1.807) is 24.3 Å². The number of aromatic nitrogens is 4. The van der Waals surface area contributed by atoms with Crippen LogP contribution in [0.4, 0.5) is 4.79 Å². The third-order valence-corrected chi connectivity index (χ3v) is 7.70. The summed E-state index contributed by atoms with van der Waals surface area (Å²) in [5.41, 5.74) is 3.68. The number of imidazole rings is 1. The maximum Gasteiger partial charge on any atom is 0.407 e. The van der Waals surface area contributed by atoms with Crippen LogP contribution < -0.4 is 5.32 Å². The molecule has 190 valence electrons. The van der Waals surface area contributed by atoms with Gasteiger partial charge in [0.1, 0.15) is 11.4 Å². The number of rotatable bonds is 4. The van der Waals surface area contributed by atoms with Gasteiger partial charge in [-0.2, -0.15) is 0 Å². The zero-order chi connectivity index (χ0) is 25.7. The van der Waals surface area contributed by atoms with Crippen LogP contribution in [0.15, 0.2) is 47.6 Å². The van der Waals surface area contributed by atoms with Crippen molar-refractivity contribution in [1.29, 1.82) is 0 Å². The van der Waals surface area contributed by atoms with Gasteiger partial charge in [0.2, 0.25) is 0 Å². The van der Waals surface area contributed by atoms with Crippen LogP contribution in [-0.2, 0) is 14.6 Å². The number of nitrogens with one attached hydrogen (secondary N) is 2. The minimum absolute atomic E-state index is 0.0688. The molecule has 10 heteroatoms. The molecule has 1 aliphatic carbocycles. The number of nitrogens with zero attached hydrogens (tertiary/aromatic N) is 3. The van der Waals surface area contributed by atoms with E-state index in [9.17, 15) is 13.2 Å². The first-order chi connectivity index (χ1) is 17.0. The molecule has 1 aromatic carbocycles. The van der Waals surface area contributed by atoms with Gasteiger partial charge < -0.3 is 15.0 Å². The first-order valence-corrected chi connectivity index (χ1v) is 14.0. The molecular weight excluding hydrogens is 478 g/mol. The van der Waals surface area contributed by atoms with Crippen molar-refractivity contribution in [1.82, 2.24) is 24.7 Å². The molecule has 1 amide bonds.